The summed E-state index contributed by atoms with van der Waals surface area (Å²) in [4.78, 5) is 0. The molecule has 0 aromatic heterocycles. The number of hydrogen-bond donors (Lipinski definition) is 0. The third-order valence-corrected chi connectivity index (χ3v) is 11.1. The van der Waals surface area contributed by atoms with Gasteiger partial charge in [-0.05, 0) is 29.3 Å². The monoisotopic (exact) mass is 426 g/mol. The van der Waals surface area contributed by atoms with Gasteiger partial charge in [0.05, 0.1) is 25.4 Å². The predicted molar refractivity (Wildman–Crippen MR) is 122 cm³/mol. The minimum atomic E-state index is -2.66. The molecule has 0 saturated carbocycles. The van der Waals surface area contributed by atoms with Crippen molar-refractivity contribution in [2.75, 3.05) is 13.2 Å². The van der Waals surface area contributed by atoms with Crippen LogP contribution in [0.15, 0.2) is 60.7 Å². The zero-order valence-electron chi connectivity index (χ0n) is 18.8. The lowest BCUT2D eigenvalue weighted by Gasteiger charge is -2.46. The van der Waals surface area contributed by atoms with Gasteiger partial charge in [-0.3, -0.25) is 0 Å². The molecule has 2 aromatic carbocycles. The van der Waals surface area contributed by atoms with Crippen molar-refractivity contribution in [2.24, 2.45) is 0 Å². The van der Waals surface area contributed by atoms with E-state index >= 15 is 0 Å². The standard InChI is InChI=1S/C25H34O4Si/c1-24(2,3)30(20-12-8-6-9-13-20,21-14-10-7-11-15-21)29-22(16-19-17-26-19)23-18-27-25(4,5)28-23/h6-15,19,22-23H,16-18H2,1-5H3/t19?,22-,23-/m1/s1. The second kappa shape index (κ2) is 8.21. The third-order valence-electron chi connectivity index (χ3n) is 6.09. The molecule has 2 aliphatic heterocycles. The summed E-state index contributed by atoms with van der Waals surface area (Å²) in [5, 5.41) is 2.49. The molecular weight excluding hydrogens is 392 g/mol. The van der Waals surface area contributed by atoms with Crippen molar-refractivity contribution in [1.29, 1.82) is 0 Å². The Labute approximate surface area is 181 Å². The van der Waals surface area contributed by atoms with E-state index in [1.165, 1.54) is 10.4 Å². The molecule has 2 aliphatic rings. The normalized spacial score (nSPS) is 24.6. The molecule has 30 heavy (non-hydrogen) atoms. The van der Waals surface area contributed by atoms with Gasteiger partial charge in [0, 0.05) is 6.42 Å². The van der Waals surface area contributed by atoms with Crippen molar-refractivity contribution in [1.82, 2.24) is 0 Å². The van der Waals surface area contributed by atoms with E-state index in [2.05, 4.69) is 81.4 Å². The molecule has 4 rings (SSSR count). The fourth-order valence-corrected chi connectivity index (χ4v) is 9.27. The molecule has 2 saturated heterocycles. The highest BCUT2D eigenvalue weighted by molar-refractivity contribution is 6.99. The van der Waals surface area contributed by atoms with Crippen LogP contribution in [0.1, 0.15) is 41.0 Å². The van der Waals surface area contributed by atoms with Crippen LogP contribution in [0.25, 0.3) is 0 Å². The number of rotatable bonds is 7. The number of benzene rings is 2. The maximum absolute atomic E-state index is 7.36. The second-order valence-electron chi connectivity index (χ2n) is 9.88. The summed E-state index contributed by atoms with van der Waals surface area (Å²) in [6.07, 6.45) is 0.881. The first-order valence-corrected chi connectivity index (χ1v) is 12.8. The smallest absolute Gasteiger partial charge is 0.261 e. The Morgan fingerprint density at radius 2 is 1.50 bits per heavy atom. The van der Waals surface area contributed by atoms with Gasteiger partial charge >= 0.3 is 0 Å². The van der Waals surface area contributed by atoms with Gasteiger partial charge in [-0.1, -0.05) is 81.4 Å². The fraction of sp³-hybridized carbons (Fsp3) is 0.520. The van der Waals surface area contributed by atoms with Crippen LogP contribution in [-0.4, -0.2) is 45.6 Å². The van der Waals surface area contributed by atoms with Crippen LogP contribution in [0, 0.1) is 0 Å². The first kappa shape index (κ1) is 21.7. The van der Waals surface area contributed by atoms with E-state index in [9.17, 15) is 0 Å². The van der Waals surface area contributed by atoms with Crippen LogP contribution >= 0.6 is 0 Å². The van der Waals surface area contributed by atoms with Crippen LogP contribution in [0.5, 0.6) is 0 Å². The fourth-order valence-electron chi connectivity index (χ4n) is 4.56. The van der Waals surface area contributed by atoms with Crippen molar-refractivity contribution in [3.63, 3.8) is 0 Å². The lowest BCUT2D eigenvalue weighted by atomic mass is 10.1. The van der Waals surface area contributed by atoms with Gasteiger partial charge in [-0.25, -0.2) is 0 Å². The first-order valence-electron chi connectivity index (χ1n) is 10.9. The molecule has 0 spiro atoms. The van der Waals surface area contributed by atoms with Crippen molar-refractivity contribution >= 4 is 18.7 Å². The van der Waals surface area contributed by atoms with Gasteiger partial charge in [0.1, 0.15) is 6.10 Å². The minimum Gasteiger partial charge on any atom is -0.402 e. The molecule has 3 atom stereocenters. The topological polar surface area (TPSA) is 40.2 Å². The predicted octanol–water partition coefficient (Wildman–Crippen LogP) is 3.87. The van der Waals surface area contributed by atoms with Crippen LogP contribution in [-0.2, 0) is 18.6 Å². The average Bonchev–Trinajstić information content (AvgIpc) is 3.46. The summed E-state index contributed by atoms with van der Waals surface area (Å²) in [7, 11) is -2.66. The summed E-state index contributed by atoms with van der Waals surface area (Å²) < 4.78 is 25.2. The summed E-state index contributed by atoms with van der Waals surface area (Å²) in [5.41, 5.74) is 0. The number of epoxide rings is 1. The summed E-state index contributed by atoms with van der Waals surface area (Å²) in [6, 6.07) is 21.5. The van der Waals surface area contributed by atoms with Crippen LogP contribution in [0.2, 0.25) is 5.04 Å². The largest absolute Gasteiger partial charge is 0.402 e. The van der Waals surface area contributed by atoms with Gasteiger partial charge < -0.3 is 18.6 Å². The quantitative estimate of drug-likeness (QED) is 0.498. The zero-order chi connectivity index (χ0) is 21.4. The van der Waals surface area contributed by atoms with Crippen molar-refractivity contribution in [3.8, 4) is 0 Å². The Hall–Kier alpha value is -1.50. The van der Waals surface area contributed by atoms with Crippen molar-refractivity contribution in [2.45, 2.75) is 70.2 Å². The van der Waals surface area contributed by atoms with E-state index in [1.807, 2.05) is 13.8 Å². The highest BCUT2D eigenvalue weighted by atomic mass is 28.4. The van der Waals surface area contributed by atoms with E-state index < -0.39 is 14.1 Å². The molecule has 0 bridgehead atoms. The van der Waals surface area contributed by atoms with E-state index in [0.717, 1.165) is 13.0 Å². The lowest BCUT2D eigenvalue weighted by Crippen LogP contribution is -2.68. The molecule has 0 aliphatic carbocycles. The lowest BCUT2D eigenvalue weighted by molar-refractivity contribution is -0.150. The van der Waals surface area contributed by atoms with Gasteiger partial charge in [-0.15, -0.1) is 0 Å². The molecule has 0 radical (unpaired) electrons. The Kier molecular flexibility index (Phi) is 5.94. The summed E-state index contributed by atoms with van der Waals surface area (Å²) in [6.45, 7) is 12.2. The molecule has 1 unspecified atom stereocenters. The molecule has 162 valence electrons. The van der Waals surface area contributed by atoms with Crippen LogP contribution in [0.3, 0.4) is 0 Å². The molecule has 5 heteroatoms. The third kappa shape index (κ3) is 4.41. The highest BCUT2D eigenvalue weighted by Crippen LogP contribution is 2.40. The molecule has 2 aromatic rings. The highest BCUT2D eigenvalue weighted by Gasteiger charge is 2.53. The average molecular weight is 427 g/mol. The maximum Gasteiger partial charge on any atom is 0.261 e. The zero-order valence-corrected chi connectivity index (χ0v) is 19.8. The summed E-state index contributed by atoms with van der Waals surface area (Å²) in [5.74, 6) is -0.581. The molecule has 0 N–H and O–H groups in total. The van der Waals surface area contributed by atoms with Crippen LogP contribution in [0.4, 0.5) is 0 Å². The van der Waals surface area contributed by atoms with Gasteiger partial charge in [0.25, 0.3) is 8.32 Å². The van der Waals surface area contributed by atoms with Crippen LogP contribution < -0.4 is 10.4 Å². The SMILES string of the molecule is CC1(C)OC[C@H]([C@@H](CC2CO2)O[Si](c2ccccc2)(c2ccccc2)C(C)(C)C)O1. The molecule has 2 heterocycles. The number of ether oxygens (including phenoxy) is 3. The Morgan fingerprint density at radius 1 is 0.967 bits per heavy atom. The van der Waals surface area contributed by atoms with E-state index in [-0.39, 0.29) is 23.4 Å². The Morgan fingerprint density at radius 3 is 1.90 bits per heavy atom. The van der Waals surface area contributed by atoms with E-state index in [4.69, 9.17) is 18.6 Å². The van der Waals surface area contributed by atoms with Crippen molar-refractivity contribution < 1.29 is 18.6 Å². The Bertz CT molecular complexity index is 788. The van der Waals surface area contributed by atoms with Crippen molar-refractivity contribution in [3.05, 3.63) is 60.7 Å². The van der Waals surface area contributed by atoms with E-state index in [1.54, 1.807) is 0 Å². The molecule has 0 amide bonds. The molecular formula is C25H34O4Si. The summed E-state index contributed by atoms with van der Waals surface area (Å²) >= 11 is 0. The minimum absolute atomic E-state index is 0.0760. The number of hydrogen-bond acceptors (Lipinski definition) is 4. The Balaban J connectivity index is 1.80. The maximum atomic E-state index is 7.36. The molecule has 2 fully saturated rings. The second-order valence-corrected chi connectivity index (χ2v) is 14.1. The van der Waals surface area contributed by atoms with E-state index in [0.29, 0.717) is 6.61 Å². The van der Waals surface area contributed by atoms with Gasteiger partial charge in [-0.2, -0.15) is 0 Å². The van der Waals surface area contributed by atoms with Gasteiger partial charge in [0.15, 0.2) is 5.79 Å². The molecule has 4 nitrogen and oxygen atoms in total. The first-order chi connectivity index (χ1) is 14.2. The van der Waals surface area contributed by atoms with Gasteiger partial charge in [0.2, 0.25) is 0 Å².